The Kier molecular flexibility index (Phi) is 2.64. The van der Waals surface area contributed by atoms with Gasteiger partial charge >= 0.3 is 0 Å². The van der Waals surface area contributed by atoms with Gasteiger partial charge in [-0.05, 0) is 74.5 Å². The molecule has 1 saturated carbocycles. The van der Waals surface area contributed by atoms with Crippen molar-refractivity contribution in [2.24, 2.45) is 22.7 Å². The first-order valence-electron chi connectivity index (χ1n) is 9.95. The maximum Gasteiger partial charge on any atom is 0.0575 e. The van der Waals surface area contributed by atoms with E-state index in [9.17, 15) is 0 Å². The van der Waals surface area contributed by atoms with E-state index in [1.165, 1.54) is 12.8 Å². The molecule has 0 amide bonds. The summed E-state index contributed by atoms with van der Waals surface area (Å²) in [6, 6.07) is 0.260. The van der Waals surface area contributed by atoms with Crippen molar-refractivity contribution in [1.82, 2.24) is 0 Å². The van der Waals surface area contributed by atoms with E-state index in [2.05, 4.69) is 27.7 Å². The van der Waals surface area contributed by atoms with E-state index in [4.69, 9.17) is 4.11 Å². The summed E-state index contributed by atoms with van der Waals surface area (Å²) in [6.45, 7) is 11.1. The van der Waals surface area contributed by atoms with Crippen molar-refractivity contribution in [3.05, 3.63) is 22.8 Å². The lowest BCUT2D eigenvalue weighted by Gasteiger charge is -2.50. The smallest absolute Gasteiger partial charge is 0.0575 e. The van der Waals surface area contributed by atoms with Crippen LogP contribution < -0.4 is 0 Å². The van der Waals surface area contributed by atoms with Gasteiger partial charge in [-0.3, -0.25) is 0 Å². The van der Waals surface area contributed by atoms with Gasteiger partial charge in [0.1, 0.15) is 0 Å². The summed E-state index contributed by atoms with van der Waals surface area (Å²) in [7, 11) is 0. The SMILES string of the molecule is [2H]C1=C(C)CC[C@@H]2C3=C(C(C)C)CC[C@]3(C)CC[C@@]2(C)C1([2H])[2H]. The fourth-order valence-electron chi connectivity index (χ4n) is 4.88. The van der Waals surface area contributed by atoms with Gasteiger partial charge in [-0.15, -0.1) is 0 Å². The van der Waals surface area contributed by atoms with Gasteiger partial charge in [-0.25, -0.2) is 0 Å². The molecule has 20 heavy (non-hydrogen) atoms. The van der Waals surface area contributed by atoms with Crippen LogP contribution >= 0.6 is 0 Å². The minimum Gasteiger partial charge on any atom is -0.0850 e. The minimum absolute atomic E-state index is 0.260. The third-order valence-electron chi connectivity index (χ3n) is 6.32. The van der Waals surface area contributed by atoms with Crippen LogP contribution in [0.4, 0.5) is 0 Å². The maximum absolute atomic E-state index is 8.81. The van der Waals surface area contributed by atoms with E-state index in [1.807, 2.05) is 6.92 Å². The molecule has 0 saturated heterocycles. The summed E-state index contributed by atoms with van der Waals surface area (Å²) in [5.74, 6) is 0.863. The van der Waals surface area contributed by atoms with Crippen molar-refractivity contribution in [3.63, 3.8) is 0 Å². The maximum atomic E-state index is 8.81. The lowest BCUT2D eigenvalue weighted by Crippen LogP contribution is -2.39. The van der Waals surface area contributed by atoms with E-state index in [-0.39, 0.29) is 11.5 Å². The summed E-state index contributed by atoms with van der Waals surface area (Å²) in [6.07, 6.45) is 4.81. The van der Waals surface area contributed by atoms with Crippen molar-refractivity contribution in [2.45, 2.75) is 79.5 Å². The molecule has 0 bridgehead atoms. The molecule has 0 unspecified atom stereocenters. The first-order chi connectivity index (χ1) is 10.5. The van der Waals surface area contributed by atoms with Crippen LogP contribution in [0.2, 0.25) is 0 Å². The lowest BCUT2D eigenvalue weighted by atomic mass is 9.55. The van der Waals surface area contributed by atoms with Gasteiger partial charge in [0.05, 0.1) is 1.37 Å². The van der Waals surface area contributed by atoms with Crippen molar-refractivity contribution < 1.29 is 4.11 Å². The zero-order valence-electron chi connectivity index (χ0n) is 16.9. The van der Waals surface area contributed by atoms with Crippen LogP contribution in [0.5, 0.6) is 0 Å². The molecule has 0 spiro atoms. The second-order valence-corrected chi connectivity index (χ2v) is 8.19. The second kappa shape index (κ2) is 4.75. The molecule has 0 aromatic heterocycles. The second-order valence-electron chi connectivity index (χ2n) is 8.19. The minimum atomic E-state index is -1.52. The topological polar surface area (TPSA) is 0 Å². The van der Waals surface area contributed by atoms with Crippen LogP contribution in [-0.2, 0) is 0 Å². The number of fused-ring (bicyclic) bond motifs is 3. The Morgan fingerprint density at radius 2 is 2.00 bits per heavy atom. The first-order valence-corrected chi connectivity index (χ1v) is 8.45. The molecule has 0 nitrogen and oxygen atoms in total. The monoisotopic (exact) mass is 275 g/mol. The molecule has 0 aromatic carbocycles. The fraction of sp³-hybridized carbons (Fsp3) is 0.800. The summed E-state index contributed by atoms with van der Waals surface area (Å²) < 4.78 is 26.1. The fourth-order valence-corrected chi connectivity index (χ4v) is 4.88. The number of rotatable bonds is 1. The molecule has 0 heteroatoms. The van der Waals surface area contributed by atoms with Crippen molar-refractivity contribution in [1.29, 1.82) is 0 Å². The van der Waals surface area contributed by atoms with Crippen molar-refractivity contribution >= 4 is 0 Å². The molecule has 0 N–H and O–H groups in total. The predicted molar refractivity (Wildman–Crippen MR) is 87.6 cm³/mol. The van der Waals surface area contributed by atoms with E-state index >= 15 is 0 Å². The van der Waals surface area contributed by atoms with E-state index < -0.39 is 11.8 Å². The van der Waals surface area contributed by atoms with Crippen LogP contribution in [0, 0.1) is 22.7 Å². The van der Waals surface area contributed by atoms with Crippen LogP contribution in [0.15, 0.2) is 22.8 Å². The third kappa shape index (κ3) is 2.11. The summed E-state index contributed by atoms with van der Waals surface area (Å²) in [5, 5.41) is 0. The molecule has 0 radical (unpaired) electrons. The van der Waals surface area contributed by atoms with Crippen molar-refractivity contribution in [2.75, 3.05) is 0 Å². The molecule has 3 aliphatic rings. The molecule has 0 aromatic rings. The quantitative estimate of drug-likeness (QED) is 0.494. The molecular weight excluding hydrogens is 240 g/mol. The van der Waals surface area contributed by atoms with Crippen LogP contribution in [0.25, 0.3) is 0 Å². The Labute approximate surface area is 129 Å². The largest absolute Gasteiger partial charge is 0.0850 e. The van der Waals surface area contributed by atoms with E-state index in [1.54, 1.807) is 11.1 Å². The lowest BCUT2D eigenvalue weighted by molar-refractivity contribution is 0.0987. The van der Waals surface area contributed by atoms with Gasteiger partial charge < -0.3 is 0 Å². The zero-order chi connectivity index (χ0) is 17.2. The normalized spacial score (nSPS) is 46.5. The highest BCUT2D eigenvalue weighted by Crippen LogP contribution is 2.62. The highest BCUT2D eigenvalue weighted by Gasteiger charge is 2.51. The number of hydrogen-bond acceptors (Lipinski definition) is 0. The van der Waals surface area contributed by atoms with Gasteiger partial charge in [0.15, 0.2) is 0 Å². The average molecular weight is 275 g/mol. The summed E-state index contributed by atoms with van der Waals surface area (Å²) >= 11 is 0. The molecule has 0 heterocycles. The Bertz CT molecular complexity index is 584. The molecule has 3 aliphatic carbocycles. The van der Waals surface area contributed by atoms with Crippen LogP contribution in [-0.4, -0.2) is 0 Å². The Hall–Kier alpha value is -0.520. The summed E-state index contributed by atoms with van der Waals surface area (Å²) in [5.41, 5.74) is 4.00. The third-order valence-corrected chi connectivity index (χ3v) is 6.32. The highest BCUT2D eigenvalue weighted by atomic mass is 14.6. The summed E-state index contributed by atoms with van der Waals surface area (Å²) in [4.78, 5) is 0. The van der Waals surface area contributed by atoms with Gasteiger partial charge in [0.2, 0.25) is 0 Å². The van der Waals surface area contributed by atoms with Gasteiger partial charge in [0, 0.05) is 2.74 Å². The molecule has 3 rings (SSSR count). The molecule has 0 aliphatic heterocycles. The number of hydrogen-bond donors (Lipinski definition) is 0. The predicted octanol–water partition coefficient (Wildman–Crippen LogP) is 6.29. The highest BCUT2D eigenvalue weighted by molar-refractivity contribution is 5.35. The number of allylic oxidation sites excluding steroid dienone is 4. The van der Waals surface area contributed by atoms with Crippen LogP contribution in [0.3, 0.4) is 0 Å². The van der Waals surface area contributed by atoms with Gasteiger partial charge in [-0.1, -0.05) is 50.5 Å². The standard InChI is InChI=1S/C20H32/c1-14(2)16-9-11-20(5)13-12-19(4)10-8-15(3)6-7-17(19)18(16)20/h8,14,17H,6-7,9-13H2,1-5H3/t17-,19-,20-/m1/s1/i8D,10D2. The molecule has 112 valence electrons. The Balaban J connectivity index is 2.18. The first kappa shape index (κ1) is 11.1. The molecule has 3 atom stereocenters. The Morgan fingerprint density at radius 3 is 2.70 bits per heavy atom. The van der Waals surface area contributed by atoms with Crippen LogP contribution in [0.1, 0.15) is 83.6 Å². The molecule has 1 fully saturated rings. The van der Waals surface area contributed by atoms with Gasteiger partial charge in [-0.2, -0.15) is 0 Å². The average Bonchev–Trinajstić information content (AvgIpc) is 2.80. The van der Waals surface area contributed by atoms with E-state index in [0.29, 0.717) is 11.8 Å². The molecular formula is C20H32. The van der Waals surface area contributed by atoms with E-state index in [0.717, 1.165) is 31.3 Å². The van der Waals surface area contributed by atoms with Gasteiger partial charge in [0.25, 0.3) is 0 Å². The van der Waals surface area contributed by atoms with Crippen molar-refractivity contribution in [3.8, 4) is 0 Å². The Morgan fingerprint density at radius 1 is 1.25 bits per heavy atom. The zero-order valence-corrected chi connectivity index (χ0v) is 13.9.